The molecule has 0 aromatic carbocycles. The van der Waals surface area contributed by atoms with Crippen molar-refractivity contribution in [3.8, 4) is 0 Å². The Bertz CT molecular complexity index is 389. The van der Waals surface area contributed by atoms with Crippen molar-refractivity contribution in [3.05, 3.63) is 10.6 Å². The molecule has 1 aromatic heterocycles. The van der Waals surface area contributed by atoms with Gasteiger partial charge in [0.25, 0.3) is 0 Å². The van der Waals surface area contributed by atoms with Crippen molar-refractivity contribution >= 4 is 16.5 Å². The average Bonchev–Trinajstić information content (AvgIpc) is 2.76. The Kier molecular flexibility index (Phi) is 7.48. The van der Waals surface area contributed by atoms with Gasteiger partial charge in [-0.3, -0.25) is 0 Å². The predicted molar refractivity (Wildman–Crippen MR) is 90.0 cm³/mol. The summed E-state index contributed by atoms with van der Waals surface area (Å²) in [4.78, 5) is 10.8. The first-order valence-corrected chi connectivity index (χ1v) is 8.41. The van der Waals surface area contributed by atoms with Crippen LogP contribution in [0.25, 0.3) is 0 Å². The lowest BCUT2D eigenvalue weighted by molar-refractivity contribution is 0.413. The van der Waals surface area contributed by atoms with Crippen LogP contribution in [-0.4, -0.2) is 50.2 Å². The number of nitrogens with one attached hydrogen (secondary N) is 1. The van der Waals surface area contributed by atoms with Crippen LogP contribution in [0.2, 0.25) is 0 Å². The highest BCUT2D eigenvalue weighted by Gasteiger charge is 2.17. The molecule has 5 heteroatoms. The Morgan fingerprint density at radius 1 is 1.20 bits per heavy atom. The van der Waals surface area contributed by atoms with Crippen LogP contribution in [0, 0.1) is 6.92 Å². The molecule has 1 rings (SSSR count). The van der Waals surface area contributed by atoms with Gasteiger partial charge in [0.1, 0.15) is 0 Å². The van der Waals surface area contributed by atoms with Gasteiger partial charge in [0.2, 0.25) is 0 Å². The molecule has 0 saturated heterocycles. The predicted octanol–water partition coefficient (Wildman–Crippen LogP) is 2.90. The molecule has 0 aliphatic rings. The van der Waals surface area contributed by atoms with Crippen molar-refractivity contribution in [2.45, 2.75) is 40.2 Å². The van der Waals surface area contributed by atoms with E-state index < -0.39 is 0 Å². The summed E-state index contributed by atoms with van der Waals surface area (Å²) in [6.45, 7) is 12.9. The van der Waals surface area contributed by atoms with Crippen LogP contribution < -0.4 is 10.2 Å². The Labute approximate surface area is 128 Å². The normalized spacial score (nSPS) is 12.9. The maximum absolute atomic E-state index is 4.80. The van der Waals surface area contributed by atoms with E-state index >= 15 is 0 Å². The molecule has 0 aliphatic carbocycles. The van der Waals surface area contributed by atoms with Gasteiger partial charge in [0.05, 0.1) is 5.69 Å². The SMILES string of the molecule is CCCN(CCN(C)C)c1nc(C)c(C(C)NCC)s1. The van der Waals surface area contributed by atoms with E-state index in [2.05, 4.69) is 56.9 Å². The minimum atomic E-state index is 0.392. The number of nitrogens with zero attached hydrogens (tertiary/aromatic N) is 3. The Morgan fingerprint density at radius 3 is 2.45 bits per heavy atom. The standard InChI is InChI=1S/C15H30N4S/c1-7-9-19(11-10-18(5)6)15-17-13(4)14(20-15)12(3)16-8-2/h12,16H,7-11H2,1-6H3. The second kappa shape index (κ2) is 8.60. The minimum absolute atomic E-state index is 0.392. The average molecular weight is 298 g/mol. The van der Waals surface area contributed by atoms with Crippen molar-refractivity contribution < 1.29 is 0 Å². The number of aromatic nitrogens is 1. The molecule has 1 heterocycles. The molecule has 0 spiro atoms. The molecule has 4 nitrogen and oxygen atoms in total. The first-order chi connectivity index (χ1) is 9.49. The summed E-state index contributed by atoms with van der Waals surface area (Å²) < 4.78 is 0. The third-order valence-corrected chi connectivity index (χ3v) is 4.71. The number of likely N-dealkylation sites (N-methyl/N-ethyl adjacent to an activating group) is 1. The lowest BCUT2D eigenvalue weighted by Gasteiger charge is -2.23. The molecule has 0 bridgehead atoms. The Hall–Kier alpha value is -0.650. The van der Waals surface area contributed by atoms with E-state index in [0.717, 1.165) is 32.6 Å². The molecule has 0 radical (unpaired) electrons. The molecule has 0 aliphatic heterocycles. The molecule has 1 aromatic rings. The van der Waals surface area contributed by atoms with Gasteiger partial charge in [-0.05, 0) is 40.9 Å². The smallest absolute Gasteiger partial charge is 0.185 e. The van der Waals surface area contributed by atoms with Crippen LogP contribution >= 0.6 is 11.3 Å². The fourth-order valence-electron chi connectivity index (χ4n) is 2.22. The molecule has 1 unspecified atom stereocenters. The van der Waals surface area contributed by atoms with E-state index in [1.54, 1.807) is 0 Å². The highest BCUT2D eigenvalue weighted by Crippen LogP contribution is 2.30. The van der Waals surface area contributed by atoms with Crippen LogP contribution in [0.1, 0.15) is 43.8 Å². The van der Waals surface area contributed by atoms with E-state index in [1.165, 1.54) is 15.7 Å². The van der Waals surface area contributed by atoms with Gasteiger partial charge in [-0.1, -0.05) is 13.8 Å². The second-order valence-corrected chi connectivity index (χ2v) is 6.52. The Morgan fingerprint density at radius 2 is 1.90 bits per heavy atom. The molecule has 0 fully saturated rings. The molecular weight excluding hydrogens is 268 g/mol. The minimum Gasteiger partial charge on any atom is -0.347 e. The van der Waals surface area contributed by atoms with Crippen LogP contribution in [0.3, 0.4) is 0 Å². The Balaban J connectivity index is 2.83. The number of thiazole rings is 1. The summed E-state index contributed by atoms with van der Waals surface area (Å²) in [5, 5.41) is 4.65. The van der Waals surface area contributed by atoms with Gasteiger partial charge in [-0.25, -0.2) is 4.98 Å². The van der Waals surface area contributed by atoms with Crippen LogP contribution in [-0.2, 0) is 0 Å². The van der Waals surface area contributed by atoms with Gasteiger partial charge < -0.3 is 15.1 Å². The summed E-state index contributed by atoms with van der Waals surface area (Å²) in [7, 11) is 4.24. The second-order valence-electron chi connectivity index (χ2n) is 5.52. The number of hydrogen-bond donors (Lipinski definition) is 1. The molecule has 0 amide bonds. The topological polar surface area (TPSA) is 31.4 Å². The number of rotatable bonds is 9. The summed E-state index contributed by atoms with van der Waals surface area (Å²) in [5.41, 5.74) is 1.17. The molecule has 0 saturated carbocycles. The van der Waals surface area contributed by atoms with E-state index in [9.17, 15) is 0 Å². The van der Waals surface area contributed by atoms with Crippen LogP contribution in [0.5, 0.6) is 0 Å². The van der Waals surface area contributed by atoms with Crippen LogP contribution in [0.15, 0.2) is 0 Å². The fraction of sp³-hybridized carbons (Fsp3) is 0.800. The van der Waals surface area contributed by atoms with Crippen LogP contribution in [0.4, 0.5) is 5.13 Å². The fourth-order valence-corrected chi connectivity index (χ4v) is 3.37. The zero-order valence-corrected chi connectivity index (χ0v) is 14.7. The molecule has 1 atom stereocenters. The maximum atomic E-state index is 4.80. The summed E-state index contributed by atoms with van der Waals surface area (Å²) >= 11 is 1.84. The van der Waals surface area contributed by atoms with Gasteiger partial charge in [-0.15, -0.1) is 11.3 Å². The van der Waals surface area contributed by atoms with E-state index in [4.69, 9.17) is 4.98 Å². The summed E-state index contributed by atoms with van der Waals surface area (Å²) in [6.07, 6.45) is 1.16. The number of anilines is 1. The third-order valence-electron chi connectivity index (χ3n) is 3.31. The molecule has 116 valence electrons. The van der Waals surface area contributed by atoms with Crippen molar-refractivity contribution in [2.75, 3.05) is 45.2 Å². The monoisotopic (exact) mass is 298 g/mol. The van der Waals surface area contributed by atoms with E-state index in [-0.39, 0.29) is 0 Å². The number of aryl methyl sites for hydroxylation is 1. The highest BCUT2D eigenvalue weighted by molar-refractivity contribution is 7.15. The van der Waals surface area contributed by atoms with Crippen molar-refractivity contribution in [1.82, 2.24) is 15.2 Å². The van der Waals surface area contributed by atoms with E-state index in [1.807, 2.05) is 11.3 Å². The first kappa shape index (κ1) is 17.4. The van der Waals surface area contributed by atoms with Crippen molar-refractivity contribution in [1.29, 1.82) is 0 Å². The third kappa shape index (κ3) is 5.04. The van der Waals surface area contributed by atoms with Gasteiger partial charge >= 0.3 is 0 Å². The largest absolute Gasteiger partial charge is 0.347 e. The zero-order chi connectivity index (χ0) is 15.1. The highest BCUT2D eigenvalue weighted by atomic mass is 32.1. The summed E-state index contributed by atoms with van der Waals surface area (Å²) in [6, 6.07) is 0.392. The maximum Gasteiger partial charge on any atom is 0.185 e. The van der Waals surface area contributed by atoms with E-state index in [0.29, 0.717) is 6.04 Å². The molecule has 20 heavy (non-hydrogen) atoms. The van der Waals surface area contributed by atoms with Crippen molar-refractivity contribution in [2.24, 2.45) is 0 Å². The van der Waals surface area contributed by atoms with Gasteiger partial charge in [0.15, 0.2) is 5.13 Å². The molecule has 1 N–H and O–H groups in total. The quantitative estimate of drug-likeness (QED) is 0.759. The van der Waals surface area contributed by atoms with Gasteiger partial charge in [-0.2, -0.15) is 0 Å². The van der Waals surface area contributed by atoms with Crippen molar-refractivity contribution in [3.63, 3.8) is 0 Å². The first-order valence-electron chi connectivity index (χ1n) is 7.59. The lowest BCUT2D eigenvalue weighted by Crippen LogP contribution is -2.32. The molecular formula is C15H30N4S. The summed E-state index contributed by atoms with van der Waals surface area (Å²) in [5.74, 6) is 0. The zero-order valence-electron chi connectivity index (χ0n) is 13.9. The van der Waals surface area contributed by atoms with Gasteiger partial charge in [0, 0.05) is 30.6 Å². The number of hydrogen-bond acceptors (Lipinski definition) is 5. The lowest BCUT2D eigenvalue weighted by atomic mass is 10.2.